The molecular weight excluding hydrogens is 226 g/mol. The second kappa shape index (κ2) is 5.48. The first-order chi connectivity index (χ1) is 8.58. The van der Waals surface area contributed by atoms with Crippen molar-refractivity contribution in [1.82, 2.24) is 15.2 Å². The second-order valence-corrected chi connectivity index (χ2v) is 5.10. The van der Waals surface area contributed by atoms with E-state index in [4.69, 9.17) is 0 Å². The molecule has 4 nitrogen and oxygen atoms in total. The number of hydrogen-bond donors (Lipinski definition) is 1. The van der Waals surface area contributed by atoms with Gasteiger partial charge in [-0.1, -0.05) is 6.07 Å². The Labute approximate surface area is 108 Å². The van der Waals surface area contributed by atoms with Crippen LogP contribution in [0.25, 0.3) is 0 Å². The maximum atomic E-state index is 12.3. The molecule has 18 heavy (non-hydrogen) atoms. The highest BCUT2D eigenvalue weighted by Gasteiger charge is 2.31. The minimum atomic E-state index is 0.111. The normalized spacial score (nSPS) is 23.1. The van der Waals surface area contributed by atoms with Gasteiger partial charge in [-0.3, -0.25) is 9.78 Å². The van der Waals surface area contributed by atoms with Gasteiger partial charge in [0.05, 0.1) is 18.2 Å². The molecule has 1 aliphatic rings. The smallest absolute Gasteiger partial charge is 0.227 e. The number of nitrogens with zero attached hydrogens (tertiary/aromatic N) is 2. The zero-order chi connectivity index (χ0) is 13.1. The first-order valence-electron chi connectivity index (χ1n) is 6.49. The SMILES string of the molecule is Cc1cccc(CN(C)C(=O)C2CCNC2C)n1. The van der Waals surface area contributed by atoms with E-state index in [0.29, 0.717) is 6.54 Å². The molecule has 0 aliphatic carbocycles. The number of carbonyl (C=O) groups excluding carboxylic acids is 1. The molecule has 1 fully saturated rings. The maximum Gasteiger partial charge on any atom is 0.227 e. The molecule has 0 aromatic carbocycles. The number of pyridine rings is 1. The van der Waals surface area contributed by atoms with Crippen LogP contribution < -0.4 is 5.32 Å². The number of carbonyl (C=O) groups is 1. The van der Waals surface area contributed by atoms with Gasteiger partial charge in [0.15, 0.2) is 0 Å². The molecule has 1 N–H and O–H groups in total. The van der Waals surface area contributed by atoms with Crippen LogP contribution in [0.15, 0.2) is 18.2 Å². The molecule has 2 atom stereocenters. The third kappa shape index (κ3) is 2.88. The minimum Gasteiger partial charge on any atom is -0.340 e. The highest BCUT2D eigenvalue weighted by Crippen LogP contribution is 2.18. The van der Waals surface area contributed by atoms with Crippen LogP contribution in [0.1, 0.15) is 24.7 Å². The number of rotatable bonds is 3. The number of aromatic nitrogens is 1. The van der Waals surface area contributed by atoms with E-state index in [1.807, 2.05) is 32.2 Å². The lowest BCUT2D eigenvalue weighted by atomic mass is 10.0. The molecule has 98 valence electrons. The Hall–Kier alpha value is -1.42. The summed E-state index contributed by atoms with van der Waals surface area (Å²) in [5, 5.41) is 3.32. The van der Waals surface area contributed by atoms with Gasteiger partial charge in [-0.25, -0.2) is 0 Å². The fraction of sp³-hybridized carbons (Fsp3) is 0.571. The van der Waals surface area contributed by atoms with Crippen molar-refractivity contribution < 1.29 is 4.79 Å². The van der Waals surface area contributed by atoms with Crippen LogP contribution in [0.2, 0.25) is 0 Å². The average Bonchev–Trinajstić information content (AvgIpc) is 2.74. The molecule has 1 aliphatic heterocycles. The summed E-state index contributed by atoms with van der Waals surface area (Å²) >= 11 is 0. The van der Waals surface area contributed by atoms with E-state index in [9.17, 15) is 4.79 Å². The second-order valence-electron chi connectivity index (χ2n) is 5.10. The van der Waals surface area contributed by atoms with E-state index < -0.39 is 0 Å². The summed E-state index contributed by atoms with van der Waals surface area (Å²) in [6.45, 7) is 5.57. The van der Waals surface area contributed by atoms with Crippen molar-refractivity contribution in [3.8, 4) is 0 Å². The van der Waals surface area contributed by atoms with Gasteiger partial charge in [0.1, 0.15) is 0 Å². The van der Waals surface area contributed by atoms with Gasteiger partial charge in [-0.05, 0) is 38.9 Å². The summed E-state index contributed by atoms with van der Waals surface area (Å²) < 4.78 is 0. The van der Waals surface area contributed by atoms with Crippen molar-refractivity contribution in [3.63, 3.8) is 0 Å². The van der Waals surface area contributed by atoms with E-state index in [-0.39, 0.29) is 17.9 Å². The average molecular weight is 247 g/mol. The van der Waals surface area contributed by atoms with Crippen molar-refractivity contribution in [2.24, 2.45) is 5.92 Å². The van der Waals surface area contributed by atoms with Crippen LogP contribution in [0.5, 0.6) is 0 Å². The predicted molar refractivity (Wildman–Crippen MR) is 71.0 cm³/mol. The third-order valence-electron chi connectivity index (χ3n) is 3.56. The first kappa shape index (κ1) is 13.0. The number of amides is 1. The van der Waals surface area contributed by atoms with E-state index in [0.717, 1.165) is 24.4 Å². The van der Waals surface area contributed by atoms with Crippen LogP contribution in [0.3, 0.4) is 0 Å². The molecule has 1 aromatic heterocycles. The molecule has 0 spiro atoms. The molecule has 2 unspecified atom stereocenters. The Morgan fingerprint density at radius 3 is 2.94 bits per heavy atom. The molecule has 1 saturated heterocycles. The summed E-state index contributed by atoms with van der Waals surface area (Å²) in [5.41, 5.74) is 1.94. The largest absolute Gasteiger partial charge is 0.340 e. The van der Waals surface area contributed by atoms with Crippen molar-refractivity contribution in [1.29, 1.82) is 0 Å². The quantitative estimate of drug-likeness (QED) is 0.877. The maximum absolute atomic E-state index is 12.3. The summed E-state index contributed by atoms with van der Waals surface area (Å²) in [6.07, 6.45) is 0.936. The van der Waals surface area contributed by atoms with Crippen LogP contribution >= 0.6 is 0 Å². The van der Waals surface area contributed by atoms with E-state index >= 15 is 0 Å². The standard InChI is InChI=1S/C14H21N3O/c1-10-5-4-6-12(16-10)9-17(3)14(18)13-7-8-15-11(13)2/h4-6,11,13,15H,7-9H2,1-3H3. The van der Waals surface area contributed by atoms with Crippen LogP contribution in [0.4, 0.5) is 0 Å². The topological polar surface area (TPSA) is 45.2 Å². The zero-order valence-corrected chi connectivity index (χ0v) is 11.3. The highest BCUT2D eigenvalue weighted by molar-refractivity contribution is 5.79. The number of aryl methyl sites for hydroxylation is 1. The Morgan fingerprint density at radius 1 is 1.56 bits per heavy atom. The third-order valence-corrected chi connectivity index (χ3v) is 3.56. The summed E-state index contributed by atoms with van der Waals surface area (Å²) in [7, 11) is 1.86. The minimum absolute atomic E-state index is 0.111. The first-order valence-corrected chi connectivity index (χ1v) is 6.49. The number of nitrogens with one attached hydrogen (secondary N) is 1. The predicted octanol–water partition coefficient (Wildman–Crippen LogP) is 1.35. The lowest BCUT2D eigenvalue weighted by Gasteiger charge is -2.23. The van der Waals surface area contributed by atoms with Gasteiger partial charge < -0.3 is 10.2 Å². The number of hydrogen-bond acceptors (Lipinski definition) is 3. The van der Waals surface area contributed by atoms with Gasteiger partial charge >= 0.3 is 0 Å². The molecule has 4 heteroatoms. The van der Waals surface area contributed by atoms with Crippen LogP contribution in [-0.4, -0.2) is 35.4 Å². The van der Waals surface area contributed by atoms with Gasteiger partial charge in [0.2, 0.25) is 5.91 Å². The van der Waals surface area contributed by atoms with E-state index in [1.54, 1.807) is 4.90 Å². The molecule has 2 rings (SSSR count). The van der Waals surface area contributed by atoms with Crippen molar-refractivity contribution in [2.45, 2.75) is 32.9 Å². The molecule has 2 heterocycles. The van der Waals surface area contributed by atoms with Crippen molar-refractivity contribution in [2.75, 3.05) is 13.6 Å². The van der Waals surface area contributed by atoms with Crippen LogP contribution in [-0.2, 0) is 11.3 Å². The fourth-order valence-electron chi connectivity index (χ4n) is 2.49. The van der Waals surface area contributed by atoms with Crippen molar-refractivity contribution >= 4 is 5.91 Å². The van der Waals surface area contributed by atoms with Gasteiger partial charge in [0.25, 0.3) is 0 Å². The zero-order valence-electron chi connectivity index (χ0n) is 11.3. The molecule has 1 aromatic rings. The van der Waals surface area contributed by atoms with E-state index in [2.05, 4.69) is 17.2 Å². The summed E-state index contributed by atoms with van der Waals surface area (Å²) in [4.78, 5) is 18.5. The Kier molecular flexibility index (Phi) is 3.97. The van der Waals surface area contributed by atoms with E-state index in [1.165, 1.54) is 0 Å². The van der Waals surface area contributed by atoms with Gasteiger partial charge in [-0.15, -0.1) is 0 Å². The lowest BCUT2D eigenvalue weighted by molar-refractivity contribution is -0.134. The Balaban J connectivity index is 1.99. The monoisotopic (exact) mass is 247 g/mol. The van der Waals surface area contributed by atoms with Crippen molar-refractivity contribution in [3.05, 3.63) is 29.6 Å². The molecule has 1 amide bonds. The highest BCUT2D eigenvalue weighted by atomic mass is 16.2. The summed E-state index contributed by atoms with van der Waals surface area (Å²) in [6, 6.07) is 6.20. The molecular formula is C14H21N3O. The van der Waals surface area contributed by atoms with Crippen LogP contribution in [0, 0.1) is 12.8 Å². The Bertz CT molecular complexity index is 433. The molecule has 0 bridgehead atoms. The molecule has 0 saturated carbocycles. The Morgan fingerprint density at radius 2 is 2.33 bits per heavy atom. The van der Waals surface area contributed by atoms with Gasteiger partial charge in [0, 0.05) is 18.8 Å². The molecule has 0 radical (unpaired) electrons. The lowest BCUT2D eigenvalue weighted by Crippen LogP contribution is -2.37. The summed E-state index contributed by atoms with van der Waals surface area (Å²) in [5.74, 6) is 0.329. The van der Waals surface area contributed by atoms with Gasteiger partial charge in [-0.2, -0.15) is 0 Å². The fourth-order valence-corrected chi connectivity index (χ4v) is 2.49.